The number of carbonyl (C=O) groups excluding carboxylic acids is 1. The van der Waals surface area contributed by atoms with E-state index in [0.29, 0.717) is 5.75 Å². The molecule has 0 bridgehead atoms. The topological polar surface area (TPSA) is 72.9 Å². The molecule has 134 valence electrons. The molecule has 2 aromatic carbocycles. The summed E-state index contributed by atoms with van der Waals surface area (Å²) in [5.41, 5.74) is 0.867. The summed E-state index contributed by atoms with van der Waals surface area (Å²) in [7, 11) is 0.303. The molecular weight excluding hydrogens is 366 g/mol. The number of sulfonamides is 1. The molecule has 0 saturated heterocycles. The van der Waals surface area contributed by atoms with Gasteiger partial charge in [0, 0.05) is 13.6 Å². The summed E-state index contributed by atoms with van der Waals surface area (Å²) >= 11 is 6.05. The second-order valence-electron chi connectivity index (χ2n) is 5.25. The lowest BCUT2D eigenvalue weighted by molar-refractivity contribution is 0.0600. The molecule has 0 saturated carbocycles. The van der Waals surface area contributed by atoms with Crippen molar-refractivity contribution in [1.29, 1.82) is 0 Å². The zero-order valence-corrected chi connectivity index (χ0v) is 15.6. The van der Waals surface area contributed by atoms with Gasteiger partial charge in [0.05, 0.1) is 24.8 Å². The van der Waals surface area contributed by atoms with Crippen molar-refractivity contribution in [3.05, 3.63) is 58.6 Å². The van der Waals surface area contributed by atoms with Crippen molar-refractivity contribution < 1.29 is 22.7 Å². The highest BCUT2D eigenvalue weighted by Crippen LogP contribution is 2.27. The highest BCUT2D eigenvalue weighted by atomic mass is 35.5. The predicted molar refractivity (Wildman–Crippen MR) is 94.4 cm³/mol. The van der Waals surface area contributed by atoms with E-state index < -0.39 is 16.0 Å². The van der Waals surface area contributed by atoms with E-state index in [0.717, 1.165) is 9.87 Å². The Kier molecular flexibility index (Phi) is 6.05. The van der Waals surface area contributed by atoms with E-state index in [-0.39, 0.29) is 22.0 Å². The lowest BCUT2D eigenvalue weighted by Crippen LogP contribution is -2.27. The number of carbonyl (C=O) groups is 1. The van der Waals surface area contributed by atoms with Gasteiger partial charge in [-0.25, -0.2) is 13.2 Å². The van der Waals surface area contributed by atoms with E-state index in [1.807, 2.05) is 0 Å². The minimum absolute atomic E-state index is 0.0325. The minimum Gasteiger partial charge on any atom is -0.497 e. The first-order valence-corrected chi connectivity index (χ1v) is 9.08. The maximum absolute atomic E-state index is 12.8. The molecule has 0 atom stereocenters. The molecule has 2 rings (SSSR count). The standard InChI is InChI=1S/C17H18ClNO5S/c1-19(11-12-5-4-6-14(9-12)23-2)25(21,22)16-10-13(17(20)24-3)7-8-15(16)18/h4-10H,11H2,1-3H3. The molecule has 0 fully saturated rings. The Balaban J connectivity index is 2.35. The fraction of sp³-hybridized carbons (Fsp3) is 0.235. The van der Waals surface area contributed by atoms with E-state index in [1.165, 1.54) is 39.5 Å². The normalized spacial score (nSPS) is 11.4. The zero-order valence-electron chi connectivity index (χ0n) is 14.0. The largest absolute Gasteiger partial charge is 0.497 e. The number of benzene rings is 2. The summed E-state index contributed by atoms with van der Waals surface area (Å²) in [6, 6.07) is 11.1. The molecule has 8 heteroatoms. The van der Waals surface area contributed by atoms with Crippen LogP contribution in [0.15, 0.2) is 47.4 Å². The van der Waals surface area contributed by atoms with Crippen molar-refractivity contribution in [2.24, 2.45) is 0 Å². The number of esters is 1. The Hall–Kier alpha value is -2.09. The van der Waals surface area contributed by atoms with Crippen LogP contribution in [0.25, 0.3) is 0 Å². The average Bonchev–Trinajstić information content (AvgIpc) is 2.61. The van der Waals surface area contributed by atoms with Crippen molar-refractivity contribution >= 4 is 27.6 Å². The molecule has 0 heterocycles. The number of hydrogen-bond donors (Lipinski definition) is 0. The van der Waals surface area contributed by atoms with Crippen LogP contribution in [0.3, 0.4) is 0 Å². The Morgan fingerprint density at radius 1 is 1.16 bits per heavy atom. The fourth-order valence-corrected chi connectivity index (χ4v) is 3.88. The molecule has 0 aromatic heterocycles. The Morgan fingerprint density at radius 3 is 2.52 bits per heavy atom. The van der Waals surface area contributed by atoms with Crippen LogP contribution in [0, 0.1) is 0 Å². The molecule has 25 heavy (non-hydrogen) atoms. The summed E-state index contributed by atoms with van der Waals surface area (Å²) in [5, 5.41) is 0.0325. The maximum atomic E-state index is 12.8. The van der Waals surface area contributed by atoms with Gasteiger partial charge in [0.15, 0.2) is 0 Å². The fourth-order valence-electron chi connectivity index (χ4n) is 2.23. The van der Waals surface area contributed by atoms with Gasteiger partial charge in [-0.1, -0.05) is 23.7 Å². The van der Waals surface area contributed by atoms with Crippen LogP contribution in [0.4, 0.5) is 0 Å². The molecule has 0 spiro atoms. The van der Waals surface area contributed by atoms with Crippen molar-refractivity contribution in [3.8, 4) is 5.75 Å². The van der Waals surface area contributed by atoms with Gasteiger partial charge in [-0.05, 0) is 35.9 Å². The number of rotatable bonds is 6. The number of nitrogens with zero attached hydrogens (tertiary/aromatic N) is 1. The molecule has 0 aliphatic heterocycles. The number of ether oxygens (including phenoxy) is 2. The van der Waals surface area contributed by atoms with Gasteiger partial charge >= 0.3 is 5.97 Å². The van der Waals surface area contributed by atoms with Crippen molar-refractivity contribution in [1.82, 2.24) is 4.31 Å². The van der Waals surface area contributed by atoms with Gasteiger partial charge in [0.25, 0.3) is 0 Å². The van der Waals surface area contributed by atoms with Crippen LogP contribution in [-0.2, 0) is 21.3 Å². The monoisotopic (exact) mass is 383 g/mol. The predicted octanol–water partition coefficient (Wildman–Crippen LogP) is 2.96. The third-order valence-corrected chi connectivity index (χ3v) is 5.86. The number of halogens is 1. The lowest BCUT2D eigenvalue weighted by Gasteiger charge is -2.19. The number of hydrogen-bond acceptors (Lipinski definition) is 5. The minimum atomic E-state index is -3.90. The Morgan fingerprint density at radius 2 is 1.88 bits per heavy atom. The summed E-state index contributed by atoms with van der Waals surface area (Å²) in [6.45, 7) is 0.123. The second-order valence-corrected chi connectivity index (χ2v) is 7.67. The average molecular weight is 384 g/mol. The first-order valence-electron chi connectivity index (χ1n) is 7.26. The highest BCUT2D eigenvalue weighted by Gasteiger charge is 2.25. The smallest absolute Gasteiger partial charge is 0.337 e. The van der Waals surface area contributed by atoms with E-state index in [9.17, 15) is 13.2 Å². The number of methoxy groups -OCH3 is 2. The Bertz CT molecular complexity index is 882. The molecule has 0 aliphatic rings. The second kappa shape index (κ2) is 7.86. The van der Waals surface area contributed by atoms with E-state index >= 15 is 0 Å². The third-order valence-electron chi connectivity index (χ3n) is 3.58. The van der Waals surface area contributed by atoms with Gasteiger partial charge in [0.1, 0.15) is 10.6 Å². The molecule has 6 nitrogen and oxygen atoms in total. The molecule has 0 aliphatic carbocycles. The molecule has 0 radical (unpaired) electrons. The van der Waals surface area contributed by atoms with Gasteiger partial charge in [-0.2, -0.15) is 4.31 Å². The van der Waals surface area contributed by atoms with Gasteiger partial charge in [-0.15, -0.1) is 0 Å². The summed E-state index contributed by atoms with van der Waals surface area (Å²) in [5.74, 6) is -0.00224. The van der Waals surface area contributed by atoms with Crippen molar-refractivity contribution in [2.75, 3.05) is 21.3 Å². The summed E-state index contributed by atoms with van der Waals surface area (Å²) in [6.07, 6.45) is 0. The molecule has 0 unspecified atom stereocenters. The van der Waals surface area contributed by atoms with Crippen molar-refractivity contribution in [2.45, 2.75) is 11.4 Å². The Labute approximate surface area is 152 Å². The van der Waals surface area contributed by atoms with Gasteiger partial charge in [0.2, 0.25) is 10.0 Å². The molecule has 0 N–H and O–H groups in total. The van der Waals surface area contributed by atoms with Crippen LogP contribution in [0.5, 0.6) is 5.75 Å². The van der Waals surface area contributed by atoms with E-state index in [4.69, 9.17) is 16.3 Å². The highest BCUT2D eigenvalue weighted by molar-refractivity contribution is 7.89. The van der Waals surface area contributed by atoms with Crippen LogP contribution in [-0.4, -0.2) is 40.0 Å². The van der Waals surface area contributed by atoms with Gasteiger partial charge in [-0.3, -0.25) is 0 Å². The van der Waals surface area contributed by atoms with E-state index in [1.54, 1.807) is 24.3 Å². The summed E-state index contributed by atoms with van der Waals surface area (Å²) < 4.78 is 36.6. The van der Waals surface area contributed by atoms with Crippen molar-refractivity contribution in [3.63, 3.8) is 0 Å². The van der Waals surface area contributed by atoms with Crippen LogP contribution < -0.4 is 4.74 Å². The maximum Gasteiger partial charge on any atom is 0.337 e. The molecular formula is C17H18ClNO5S. The quantitative estimate of drug-likeness (QED) is 0.717. The molecule has 0 amide bonds. The SMILES string of the molecule is COC(=O)c1ccc(Cl)c(S(=O)(=O)N(C)Cc2cccc(OC)c2)c1. The lowest BCUT2D eigenvalue weighted by atomic mass is 10.2. The first-order chi connectivity index (χ1) is 11.8. The summed E-state index contributed by atoms with van der Waals surface area (Å²) in [4.78, 5) is 11.5. The van der Waals surface area contributed by atoms with Crippen LogP contribution >= 0.6 is 11.6 Å². The van der Waals surface area contributed by atoms with Crippen LogP contribution in [0.2, 0.25) is 5.02 Å². The first kappa shape index (κ1) is 19.2. The molecule has 2 aromatic rings. The third kappa shape index (κ3) is 4.31. The van der Waals surface area contributed by atoms with E-state index in [2.05, 4.69) is 4.74 Å². The van der Waals surface area contributed by atoms with Crippen LogP contribution in [0.1, 0.15) is 15.9 Å². The zero-order chi connectivity index (χ0) is 18.6. The van der Waals surface area contributed by atoms with Gasteiger partial charge < -0.3 is 9.47 Å².